The van der Waals surface area contributed by atoms with Crippen molar-refractivity contribution < 1.29 is 5.11 Å². The number of aromatic hydroxyl groups is 1. The van der Waals surface area contributed by atoms with Crippen molar-refractivity contribution in [1.29, 1.82) is 0 Å². The van der Waals surface area contributed by atoms with E-state index in [1.54, 1.807) is 6.07 Å². The Balaban J connectivity index is 1.81. The minimum Gasteiger partial charge on any atom is -0.507 e. The van der Waals surface area contributed by atoms with Crippen LogP contribution in [-0.4, -0.2) is 5.11 Å². The Bertz CT molecular complexity index is 1090. The van der Waals surface area contributed by atoms with Gasteiger partial charge in [0, 0.05) is 5.39 Å². The van der Waals surface area contributed by atoms with Crippen LogP contribution in [0.3, 0.4) is 0 Å². The third kappa shape index (κ3) is 1.82. The van der Waals surface area contributed by atoms with E-state index in [-0.39, 0.29) is 0 Å². The average molecular weight is 308 g/mol. The van der Waals surface area contributed by atoms with Crippen LogP contribution in [0.4, 0.5) is 0 Å². The summed E-state index contributed by atoms with van der Waals surface area (Å²) in [6, 6.07) is 27.1. The molecule has 0 fully saturated rings. The molecule has 5 rings (SSSR count). The van der Waals surface area contributed by atoms with Crippen LogP contribution < -0.4 is 0 Å². The highest BCUT2D eigenvalue weighted by atomic mass is 16.3. The molecule has 0 saturated carbocycles. The van der Waals surface area contributed by atoms with Gasteiger partial charge in [-0.2, -0.15) is 0 Å². The molecule has 1 aliphatic rings. The van der Waals surface area contributed by atoms with Gasteiger partial charge in [-0.3, -0.25) is 0 Å². The van der Waals surface area contributed by atoms with Crippen molar-refractivity contribution in [3.05, 3.63) is 90.0 Å². The maximum Gasteiger partial charge on any atom is 0.123 e. The van der Waals surface area contributed by atoms with Crippen LogP contribution in [0, 0.1) is 0 Å². The molecule has 0 saturated heterocycles. The van der Waals surface area contributed by atoms with Gasteiger partial charge in [-0.15, -0.1) is 0 Å². The Morgan fingerprint density at radius 3 is 2.08 bits per heavy atom. The predicted molar refractivity (Wildman–Crippen MR) is 99.3 cm³/mol. The lowest BCUT2D eigenvalue weighted by Gasteiger charge is -2.12. The molecule has 0 atom stereocenters. The van der Waals surface area contributed by atoms with Crippen molar-refractivity contribution in [1.82, 2.24) is 0 Å². The lowest BCUT2D eigenvalue weighted by Crippen LogP contribution is -1.89. The fraction of sp³-hybridized carbons (Fsp3) is 0.0435. The Labute approximate surface area is 140 Å². The van der Waals surface area contributed by atoms with Crippen LogP contribution in [0.2, 0.25) is 0 Å². The minimum absolute atomic E-state index is 0.338. The summed E-state index contributed by atoms with van der Waals surface area (Å²) in [6.07, 6.45) is 0.969. The second-order valence-corrected chi connectivity index (χ2v) is 6.34. The van der Waals surface area contributed by atoms with E-state index in [0.717, 1.165) is 17.2 Å². The van der Waals surface area contributed by atoms with Gasteiger partial charge in [-0.1, -0.05) is 72.8 Å². The standard InChI is InChI=1S/C23H16O/c24-23-13-12-20(18-8-3-4-9-21(18)23)19-11-5-10-17-16-7-2-1-6-15(16)14-22(17)19/h1-13,24H,14H2. The first-order chi connectivity index (χ1) is 11.8. The molecule has 1 nitrogen and oxygen atoms in total. The van der Waals surface area contributed by atoms with Gasteiger partial charge in [-0.05, 0) is 51.3 Å². The van der Waals surface area contributed by atoms with Crippen molar-refractivity contribution in [3.63, 3.8) is 0 Å². The fourth-order valence-corrected chi connectivity index (χ4v) is 3.93. The molecule has 4 aromatic rings. The van der Waals surface area contributed by atoms with Crippen LogP contribution in [0.1, 0.15) is 11.1 Å². The molecule has 1 aliphatic carbocycles. The molecular formula is C23H16O. The smallest absolute Gasteiger partial charge is 0.123 e. The van der Waals surface area contributed by atoms with Crippen LogP contribution in [0.5, 0.6) is 5.75 Å². The maximum absolute atomic E-state index is 10.2. The summed E-state index contributed by atoms with van der Waals surface area (Å²) in [6.45, 7) is 0. The molecule has 0 unspecified atom stereocenters. The molecule has 1 heteroatoms. The molecule has 4 aromatic carbocycles. The lowest BCUT2D eigenvalue weighted by atomic mass is 9.92. The van der Waals surface area contributed by atoms with Crippen molar-refractivity contribution in [3.8, 4) is 28.0 Å². The highest BCUT2D eigenvalue weighted by Gasteiger charge is 2.21. The zero-order valence-corrected chi connectivity index (χ0v) is 13.2. The number of phenolic OH excluding ortho intramolecular Hbond substituents is 1. The van der Waals surface area contributed by atoms with E-state index in [1.165, 1.54) is 33.4 Å². The van der Waals surface area contributed by atoms with E-state index in [4.69, 9.17) is 0 Å². The first kappa shape index (κ1) is 13.4. The SMILES string of the molecule is Oc1ccc(-c2cccc3c2Cc2ccccc2-3)c2ccccc12. The molecule has 0 heterocycles. The van der Waals surface area contributed by atoms with Crippen LogP contribution in [0.25, 0.3) is 33.0 Å². The fourth-order valence-electron chi connectivity index (χ4n) is 3.93. The van der Waals surface area contributed by atoms with Gasteiger partial charge in [0.05, 0.1) is 0 Å². The number of rotatable bonds is 1. The van der Waals surface area contributed by atoms with Crippen LogP contribution in [-0.2, 0) is 6.42 Å². The Morgan fingerprint density at radius 2 is 1.21 bits per heavy atom. The van der Waals surface area contributed by atoms with Crippen LogP contribution in [0.15, 0.2) is 78.9 Å². The summed E-state index contributed by atoms with van der Waals surface area (Å²) in [4.78, 5) is 0. The van der Waals surface area contributed by atoms with Gasteiger partial charge in [-0.25, -0.2) is 0 Å². The highest BCUT2D eigenvalue weighted by Crippen LogP contribution is 2.43. The first-order valence-corrected chi connectivity index (χ1v) is 8.24. The number of hydrogen-bond acceptors (Lipinski definition) is 1. The quantitative estimate of drug-likeness (QED) is 0.416. The third-order valence-corrected chi connectivity index (χ3v) is 5.04. The van der Waals surface area contributed by atoms with Crippen LogP contribution >= 0.6 is 0 Å². The molecule has 0 aliphatic heterocycles. The van der Waals surface area contributed by atoms with Crippen molar-refractivity contribution >= 4 is 10.8 Å². The second-order valence-electron chi connectivity index (χ2n) is 6.34. The predicted octanol–water partition coefficient (Wildman–Crippen LogP) is 5.78. The number of phenols is 1. The van der Waals surface area contributed by atoms with E-state index >= 15 is 0 Å². The van der Waals surface area contributed by atoms with E-state index < -0.39 is 0 Å². The molecule has 0 radical (unpaired) electrons. The number of benzene rings is 4. The summed E-state index contributed by atoms with van der Waals surface area (Å²) in [5.41, 5.74) is 7.91. The van der Waals surface area contributed by atoms with Gasteiger partial charge in [0.1, 0.15) is 5.75 Å². The van der Waals surface area contributed by atoms with Gasteiger partial charge in [0.15, 0.2) is 0 Å². The first-order valence-electron chi connectivity index (χ1n) is 8.24. The monoisotopic (exact) mass is 308 g/mol. The summed E-state index contributed by atoms with van der Waals surface area (Å²) < 4.78 is 0. The van der Waals surface area contributed by atoms with Crippen molar-refractivity contribution in [2.75, 3.05) is 0 Å². The molecular weight excluding hydrogens is 292 g/mol. The van der Waals surface area contributed by atoms with Crippen molar-refractivity contribution in [2.24, 2.45) is 0 Å². The average Bonchev–Trinajstić information content (AvgIpc) is 3.01. The van der Waals surface area contributed by atoms with Crippen molar-refractivity contribution in [2.45, 2.75) is 6.42 Å². The third-order valence-electron chi connectivity index (χ3n) is 5.04. The normalized spacial score (nSPS) is 12.2. The molecule has 114 valence electrons. The van der Waals surface area contributed by atoms with Gasteiger partial charge >= 0.3 is 0 Å². The molecule has 0 amide bonds. The van der Waals surface area contributed by atoms with Gasteiger partial charge in [0.2, 0.25) is 0 Å². The zero-order valence-electron chi connectivity index (χ0n) is 13.2. The van der Waals surface area contributed by atoms with Gasteiger partial charge in [0.25, 0.3) is 0 Å². The zero-order chi connectivity index (χ0) is 16.1. The Morgan fingerprint density at radius 1 is 0.542 bits per heavy atom. The molecule has 24 heavy (non-hydrogen) atoms. The maximum atomic E-state index is 10.2. The molecule has 0 spiro atoms. The van der Waals surface area contributed by atoms with E-state index in [2.05, 4.69) is 48.5 Å². The Kier molecular flexibility index (Phi) is 2.77. The second kappa shape index (κ2) is 4.97. The minimum atomic E-state index is 0.338. The summed E-state index contributed by atoms with van der Waals surface area (Å²) in [5, 5.41) is 12.2. The van der Waals surface area contributed by atoms with E-state index in [1.807, 2.05) is 24.3 Å². The highest BCUT2D eigenvalue weighted by molar-refractivity contribution is 6.01. The Hall–Kier alpha value is -3.06. The van der Waals surface area contributed by atoms with E-state index in [0.29, 0.717) is 5.75 Å². The summed E-state index contributed by atoms with van der Waals surface area (Å²) >= 11 is 0. The molecule has 0 aromatic heterocycles. The summed E-state index contributed by atoms with van der Waals surface area (Å²) in [5.74, 6) is 0.338. The topological polar surface area (TPSA) is 20.2 Å². The molecule has 0 bridgehead atoms. The number of fused-ring (bicyclic) bond motifs is 4. The van der Waals surface area contributed by atoms with E-state index in [9.17, 15) is 5.11 Å². The van der Waals surface area contributed by atoms with Gasteiger partial charge < -0.3 is 5.11 Å². The lowest BCUT2D eigenvalue weighted by molar-refractivity contribution is 0.481. The molecule has 1 N–H and O–H groups in total. The largest absolute Gasteiger partial charge is 0.507 e. The summed E-state index contributed by atoms with van der Waals surface area (Å²) in [7, 11) is 0. The number of hydrogen-bond donors (Lipinski definition) is 1.